The summed E-state index contributed by atoms with van der Waals surface area (Å²) in [6.45, 7) is 0. The first-order chi connectivity index (χ1) is 10.7. The van der Waals surface area contributed by atoms with Gasteiger partial charge < -0.3 is 9.47 Å². The second kappa shape index (κ2) is 6.20. The van der Waals surface area contributed by atoms with Crippen LogP contribution in [-0.4, -0.2) is 26.4 Å². The van der Waals surface area contributed by atoms with E-state index < -0.39 is 0 Å². The Bertz CT molecular complexity index is 679. The van der Waals surface area contributed by atoms with E-state index in [2.05, 4.69) is 11.4 Å². The van der Waals surface area contributed by atoms with Crippen molar-refractivity contribution < 1.29 is 14.3 Å². The summed E-state index contributed by atoms with van der Waals surface area (Å²) < 4.78 is 10.6. The van der Waals surface area contributed by atoms with Crippen molar-refractivity contribution in [1.82, 2.24) is 5.32 Å². The summed E-state index contributed by atoms with van der Waals surface area (Å²) in [6, 6.07) is 13.7. The summed E-state index contributed by atoms with van der Waals surface area (Å²) in [5.41, 5.74) is 3.98. The van der Waals surface area contributed by atoms with Crippen LogP contribution in [0.15, 0.2) is 42.5 Å². The highest BCUT2D eigenvalue weighted by Crippen LogP contribution is 2.31. The van der Waals surface area contributed by atoms with Gasteiger partial charge in [0.05, 0.1) is 12.7 Å². The zero-order valence-corrected chi connectivity index (χ0v) is 12.8. The molecule has 0 fully saturated rings. The molecule has 0 aliphatic carbocycles. The van der Waals surface area contributed by atoms with Gasteiger partial charge in [-0.3, -0.25) is 5.32 Å². The van der Waals surface area contributed by atoms with Crippen LogP contribution < -0.4 is 10.1 Å². The molecule has 2 aromatic rings. The van der Waals surface area contributed by atoms with Crippen LogP contribution >= 0.6 is 0 Å². The number of rotatable bonds is 3. The molecule has 0 saturated heterocycles. The molecule has 1 atom stereocenters. The zero-order valence-electron chi connectivity index (χ0n) is 12.8. The Morgan fingerprint density at radius 1 is 1.18 bits per heavy atom. The van der Waals surface area contributed by atoms with Gasteiger partial charge >= 0.3 is 5.97 Å². The van der Waals surface area contributed by atoms with Gasteiger partial charge in [0.25, 0.3) is 0 Å². The van der Waals surface area contributed by atoms with Gasteiger partial charge in [0.1, 0.15) is 12.0 Å². The van der Waals surface area contributed by atoms with Gasteiger partial charge in [-0.05, 0) is 54.4 Å². The summed E-state index contributed by atoms with van der Waals surface area (Å²) >= 11 is 0. The summed E-state index contributed by atoms with van der Waals surface area (Å²) in [4.78, 5) is 11.5. The Labute approximate surface area is 130 Å². The molecule has 0 unspecified atom stereocenters. The molecule has 22 heavy (non-hydrogen) atoms. The highest BCUT2D eigenvalue weighted by Gasteiger charge is 2.18. The van der Waals surface area contributed by atoms with Gasteiger partial charge in [0.2, 0.25) is 0 Å². The van der Waals surface area contributed by atoms with Gasteiger partial charge in [-0.1, -0.05) is 18.2 Å². The SMILES string of the molecule is CN[C@H]1CCc2cc(-c3ccc(C(=O)OC)cc3)ccc2O1. The fourth-order valence-electron chi connectivity index (χ4n) is 2.69. The van der Waals surface area contributed by atoms with Crippen LogP contribution in [-0.2, 0) is 11.2 Å². The van der Waals surface area contributed by atoms with Gasteiger partial charge in [0.15, 0.2) is 0 Å². The average Bonchev–Trinajstić information content (AvgIpc) is 2.60. The molecule has 0 aromatic heterocycles. The third-order valence-electron chi connectivity index (χ3n) is 3.97. The lowest BCUT2D eigenvalue weighted by Crippen LogP contribution is -2.34. The van der Waals surface area contributed by atoms with Gasteiger partial charge in [-0.2, -0.15) is 0 Å². The molecule has 2 aromatic carbocycles. The maximum absolute atomic E-state index is 11.5. The molecule has 0 saturated carbocycles. The van der Waals surface area contributed by atoms with E-state index in [0.29, 0.717) is 5.56 Å². The fraction of sp³-hybridized carbons (Fsp3) is 0.278. The number of carbonyl (C=O) groups is 1. The molecule has 4 heteroatoms. The summed E-state index contributed by atoms with van der Waals surface area (Å²) in [6.07, 6.45) is 2.06. The second-order valence-corrected chi connectivity index (χ2v) is 5.33. The monoisotopic (exact) mass is 297 g/mol. The van der Waals surface area contributed by atoms with E-state index in [1.54, 1.807) is 12.1 Å². The molecular formula is C18H19NO3. The predicted octanol–water partition coefficient (Wildman–Crippen LogP) is 3.01. The van der Waals surface area contributed by atoms with E-state index in [0.717, 1.165) is 29.7 Å². The van der Waals surface area contributed by atoms with Gasteiger partial charge in [-0.15, -0.1) is 0 Å². The van der Waals surface area contributed by atoms with Crippen molar-refractivity contribution in [3.05, 3.63) is 53.6 Å². The zero-order chi connectivity index (χ0) is 15.5. The van der Waals surface area contributed by atoms with Crippen molar-refractivity contribution in [1.29, 1.82) is 0 Å². The van der Waals surface area contributed by atoms with Crippen LogP contribution in [0.1, 0.15) is 22.3 Å². The lowest BCUT2D eigenvalue weighted by molar-refractivity contribution is 0.0601. The molecule has 0 amide bonds. The van der Waals surface area contributed by atoms with Gasteiger partial charge in [0, 0.05) is 6.42 Å². The number of hydrogen-bond donors (Lipinski definition) is 1. The fourth-order valence-corrected chi connectivity index (χ4v) is 2.69. The van der Waals surface area contributed by atoms with Crippen molar-refractivity contribution >= 4 is 5.97 Å². The molecule has 1 aliphatic rings. The van der Waals surface area contributed by atoms with Crippen molar-refractivity contribution in [2.75, 3.05) is 14.2 Å². The summed E-state index contributed by atoms with van der Waals surface area (Å²) in [7, 11) is 3.30. The third-order valence-corrected chi connectivity index (χ3v) is 3.97. The Hall–Kier alpha value is -2.33. The number of benzene rings is 2. The molecule has 0 radical (unpaired) electrons. The smallest absolute Gasteiger partial charge is 0.337 e. The lowest BCUT2D eigenvalue weighted by Gasteiger charge is -2.26. The van der Waals surface area contributed by atoms with Crippen molar-refractivity contribution in [3.63, 3.8) is 0 Å². The Morgan fingerprint density at radius 3 is 2.59 bits per heavy atom. The predicted molar refractivity (Wildman–Crippen MR) is 85.0 cm³/mol. The number of ether oxygens (including phenoxy) is 2. The minimum atomic E-state index is -0.316. The molecule has 114 valence electrons. The summed E-state index contributed by atoms with van der Waals surface area (Å²) in [5, 5.41) is 3.15. The lowest BCUT2D eigenvalue weighted by atomic mass is 9.97. The normalized spacial score (nSPS) is 16.5. The Kier molecular flexibility index (Phi) is 4.11. The van der Waals surface area contributed by atoms with Crippen LogP contribution in [0.3, 0.4) is 0 Å². The standard InChI is InChI=1S/C18H19NO3/c1-19-17-10-8-15-11-14(7-9-16(15)22-17)12-3-5-13(6-4-12)18(20)21-2/h3-7,9,11,17,19H,8,10H2,1-2H3/t17-/m1/s1. The molecule has 3 rings (SSSR count). The molecule has 0 spiro atoms. The molecular weight excluding hydrogens is 278 g/mol. The minimum absolute atomic E-state index is 0.0951. The highest BCUT2D eigenvalue weighted by molar-refractivity contribution is 5.90. The van der Waals surface area contributed by atoms with E-state index in [4.69, 9.17) is 9.47 Å². The van der Waals surface area contributed by atoms with E-state index in [-0.39, 0.29) is 12.2 Å². The van der Waals surface area contributed by atoms with Crippen molar-refractivity contribution in [3.8, 4) is 16.9 Å². The molecule has 4 nitrogen and oxygen atoms in total. The first kappa shape index (κ1) is 14.6. The molecule has 1 aliphatic heterocycles. The van der Waals surface area contributed by atoms with Crippen LogP contribution in [0.4, 0.5) is 0 Å². The van der Waals surface area contributed by atoms with E-state index in [1.807, 2.05) is 31.3 Å². The minimum Gasteiger partial charge on any atom is -0.475 e. The van der Waals surface area contributed by atoms with Crippen molar-refractivity contribution in [2.24, 2.45) is 0 Å². The van der Waals surface area contributed by atoms with Gasteiger partial charge in [-0.25, -0.2) is 4.79 Å². The van der Waals surface area contributed by atoms with E-state index >= 15 is 0 Å². The number of esters is 1. The van der Waals surface area contributed by atoms with Crippen LogP contribution in [0.2, 0.25) is 0 Å². The molecule has 0 bridgehead atoms. The first-order valence-corrected chi connectivity index (χ1v) is 7.37. The Morgan fingerprint density at radius 2 is 1.91 bits per heavy atom. The maximum Gasteiger partial charge on any atom is 0.337 e. The number of aryl methyl sites for hydroxylation is 1. The number of hydrogen-bond acceptors (Lipinski definition) is 4. The largest absolute Gasteiger partial charge is 0.475 e. The molecule has 1 heterocycles. The van der Waals surface area contributed by atoms with Crippen LogP contribution in [0, 0.1) is 0 Å². The second-order valence-electron chi connectivity index (χ2n) is 5.33. The summed E-state index contributed by atoms with van der Waals surface area (Å²) in [5.74, 6) is 0.629. The highest BCUT2D eigenvalue weighted by atomic mass is 16.5. The van der Waals surface area contributed by atoms with Crippen molar-refractivity contribution in [2.45, 2.75) is 19.1 Å². The number of methoxy groups -OCH3 is 1. The maximum atomic E-state index is 11.5. The number of nitrogens with one attached hydrogen (secondary N) is 1. The molecule has 1 N–H and O–H groups in total. The van der Waals surface area contributed by atoms with E-state index in [9.17, 15) is 4.79 Å². The third kappa shape index (κ3) is 2.83. The van der Waals surface area contributed by atoms with Crippen LogP contribution in [0.5, 0.6) is 5.75 Å². The number of fused-ring (bicyclic) bond motifs is 1. The quantitative estimate of drug-likeness (QED) is 0.885. The first-order valence-electron chi connectivity index (χ1n) is 7.37. The van der Waals surface area contributed by atoms with Crippen LogP contribution in [0.25, 0.3) is 11.1 Å². The topological polar surface area (TPSA) is 47.6 Å². The average molecular weight is 297 g/mol. The Balaban J connectivity index is 1.85. The van der Waals surface area contributed by atoms with E-state index in [1.165, 1.54) is 12.7 Å². The number of carbonyl (C=O) groups excluding carboxylic acids is 1.